The lowest BCUT2D eigenvalue weighted by atomic mass is 10.1. The zero-order valence-corrected chi connectivity index (χ0v) is 9.84. The highest BCUT2D eigenvalue weighted by molar-refractivity contribution is 7.91. The second-order valence-electron chi connectivity index (χ2n) is 4.10. The zero-order valence-electron chi connectivity index (χ0n) is 9.02. The van der Waals surface area contributed by atoms with Gasteiger partial charge in [-0.15, -0.1) is 0 Å². The second kappa shape index (κ2) is 4.44. The van der Waals surface area contributed by atoms with E-state index in [1.165, 1.54) is 18.2 Å². The Bertz CT molecular complexity index is 541. The van der Waals surface area contributed by atoms with Gasteiger partial charge in [-0.1, -0.05) is 6.07 Å². The third-order valence-corrected chi connectivity index (χ3v) is 4.46. The van der Waals surface area contributed by atoms with Gasteiger partial charge in [0.15, 0.2) is 9.84 Å². The Morgan fingerprint density at radius 2 is 2.18 bits per heavy atom. The van der Waals surface area contributed by atoms with Crippen molar-refractivity contribution in [3.05, 3.63) is 30.1 Å². The van der Waals surface area contributed by atoms with Crippen LogP contribution in [0, 0.1) is 11.7 Å². The van der Waals surface area contributed by atoms with Crippen molar-refractivity contribution in [2.24, 2.45) is 5.92 Å². The Morgan fingerprint density at radius 1 is 1.41 bits per heavy atom. The number of nitrogens with one attached hydrogen (secondary N) is 1. The summed E-state index contributed by atoms with van der Waals surface area (Å²) in [7, 11) is -3.08. The minimum atomic E-state index is -3.08. The molecule has 1 heterocycles. The summed E-state index contributed by atoms with van der Waals surface area (Å²) in [4.78, 5) is 11.7. The zero-order chi connectivity index (χ0) is 12.5. The maximum atomic E-state index is 12.9. The van der Waals surface area contributed by atoms with E-state index in [4.69, 9.17) is 0 Å². The van der Waals surface area contributed by atoms with Crippen LogP contribution in [-0.4, -0.2) is 25.8 Å². The highest BCUT2D eigenvalue weighted by Gasteiger charge is 2.32. The topological polar surface area (TPSA) is 63.2 Å². The maximum Gasteiger partial charge on any atom is 0.228 e. The Hall–Kier alpha value is -1.43. The van der Waals surface area contributed by atoms with Crippen LogP contribution in [-0.2, 0) is 14.6 Å². The molecule has 0 spiro atoms. The van der Waals surface area contributed by atoms with Crippen LogP contribution in [0.2, 0.25) is 0 Å². The van der Waals surface area contributed by atoms with Gasteiger partial charge in [0.05, 0.1) is 17.4 Å². The fourth-order valence-corrected chi connectivity index (χ4v) is 3.55. The first-order valence-corrected chi connectivity index (χ1v) is 7.05. The molecule has 0 radical (unpaired) electrons. The summed E-state index contributed by atoms with van der Waals surface area (Å²) in [6.07, 6.45) is 0.337. The number of benzene rings is 1. The lowest BCUT2D eigenvalue weighted by molar-refractivity contribution is -0.119. The molecule has 17 heavy (non-hydrogen) atoms. The summed E-state index contributed by atoms with van der Waals surface area (Å²) >= 11 is 0. The van der Waals surface area contributed by atoms with E-state index in [0.29, 0.717) is 12.1 Å². The van der Waals surface area contributed by atoms with Crippen LogP contribution in [0.25, 0.3) is 0 Å². The molecule has 1 fully saturated rings. The van der Waals surface area contributed by atoms with E-state index in [-0.39, 0.29) is 17.4 Å². The second-order valence-corrected chi connectivity index (χ2v) is 6.33. The average molecular weight is 257 g/mol. The number of rotatable bonds is 2. The van der Waals surface area contributed by atoms with Crippen molar-refractivity contribution in [2.45, 2.75) is 6.42 Å². The van der Waals surface area contributed by atoms with E-state index >= 15 is 0 Å². The first-order chi connectivity index (χ1) is 7.96. The van der Waals surface area contributed by atoms with Crippen molar-refractivity contribution in [3.8, 4) is 0 Å². The summed E-state index contributed by atoms with van der Waals surface area (Å²) in [5.74, 6) is -1.40. The van der Waals surface area contributed by atoms with Crippen LogP contribution < -0.4 is 5.32 Å². The monoisotopic (exact) mass is 257 g/mol. The predicted octanol–water partition coefficient (Wildman–Crippen LogP) is 1.20. The number of sulfone groups is 1. The van der Waals surface area contributed by atoms with Crippen LogP contribution in [0.5, 0.6) is 0 Å². The molecule has 1 aromatic carbocycles. The minimum Gasteiger partial charge on any atom is -0.326 e. The van der Waals surface area contributed by atoms with Gasteiger partial charge < -0.3 is 5.32 Å². The van der Waals surface area contributed by atoms with Gasteiger partial charge >= 0.3 is 0 Å². The number of anilines is 1. The fraction of sp³-hybridized carbons (Fsp3) is 0.364. The number of amides is 1. The van der Waals surface area contributed by atoms with Crippen LogP contribution in [0.4, 0.5) is 10.1 Å². The third kappa shape index (κ3) is 3.03. The van der Waals surface area contributed by atoms with Crippen molar-refractivity contribution in [1.82, 2.24) is 0 Å². The first-order valence-electron chi connectivity index (χ1n) is 5.23. The molecule has 2 rings (SSSR count). The summed E-state index contributed by atoms with van der Waals surface area (Å²) in [5.41, 5.74) is 0.347. The maximum absolute atomic E-state index is 12.9. The SMILES string of the molecule is O=C(Nc1cccc(F)c1)[C@@H]1CCS(=O)(=O)C1. The molecule has 1 aliphatic heterocycles. The molecule has 1 atom stereocenters. The van der Waals surface area contributed by atoms with Crippen LogP contribution >= 0.6 is 0 Å². The summed E-state index contributed by atoms with van der Waals surface area (Å²) in [6.45, 7) is 0. The van der Waals surface area contributed by atoms with Gasteiger partial charge in [-0.3, -0.25) is 4.79 Å². The molecule has 1 saturated heterocycles. The molecule has 0 aliphatic carbocycles. The van der Waals surface area contributed by atoms with E-state index in [1.54, 1.807) is 6.07 Å². The molecule has 6 heteroatoms. The van der Waals surface area contributed by atoms with Gasteiger partial charge in [0, 0.05) is 5.69 Å². The normalized spacial score (nSPS) is 22.3. The van der Waals surface area contributed by atoms with Gasteiger partial charge in [-0.2, -0.15) is 0 Å². The Morgan fingerprint density at radius 3 is 2.76 bits per heavy atom. The molecule has 1 amide bonds. The molecule has 1 aromatic rings. The van der Waals surface area contributed by atoms with E-state index < -0.39 is 21.6 Å². The molecule has 92 valence electrons. The summed E-state index contributed by atoms with van der Waals surface area (Å²) in [6, 6.07) is 5.51. The van der Waals surface area contributed by atoms with Gasteiger partial charge in [-0.05, 0) is 24.6 Å². The Balaban J connectivity index is 2.03. The predicted molar refractivity (Wildman–Crippen MR) is 61.8 cm³/mol. The quantitative estimate of drug-likeness (QED) is 0.865. The Kier molecular flexibility index (Phi) is 3.15. The molecule has 4 nitrogen and oxygen atoms in total. The van der Waals surface area contributed by atoms with Gasteiger partial charge in [0.25, 0.3) is 0 Å². The lowest BCUT2D eigenvalue weighted by Crippen LogP contribution is -2.23. The number of hydrogen-bond acceptors (Lipinski definition) is 3. The van der Waals surface area contributed by atoms with Crippen molar-refractivity contribution in [3.63, 3.8) is 0 Å². The van der Waals surface area contributed by atoms with E-state index in [0.717, 1.165) is 0 Å². The minimum absolute atomic E-state index is 0.0498. The molecular weight excluding hydrogens is 245 g/mol. The third-order valence-electron chi connectivity index (χ3n) is 2.70. The van der Waals surface area contributed by atoms with E-state index in [9.17, 15) is 17.6 Å². The number of carbonyl (C=O) groups excluding carboxylic acids is 1. The molecule has 0 bridgehead atoms. The van der Waals surface area contributed by atoms with Crippen LogP contribution in [0.3, 0.4) is 0 Å². The van der Waals surface area contributed by atoms with Crippen molar-refractivity contribution >= 4 is 21.4 Å². The van der Waals surface area contributed by atoms with Crippen molar-refractivity contribution in [2.75, 3.05) is 16.8 Å². The van der Waals surface area contributed by atoms with Gasteiger partial charge in [0.2, 0.25) is 5.91 Å². The molecule has 0 unspecified atom stereocenters. The average Bonchev–Trinajstić information content (AvgIpc) is 2.59. The Labute approximate surface area is 98.8 Å². The highest BCUT2D eigenvalue weighted by Crippen LogP contribution is 2.20. The summed E-state index contributed by atoms with van der Waals surface area (Å²) in [5, 5.41) is 2.52. The number of carbonyl (C=O) groups is 1. The fourth-order valence-electron chi connectivity index (χ4n) is 1.81. The van der Waals surface area contributed by atoms with Crippen molar-refractivity contribution in [1.29, 1.82) is 0 Å². The lowest BCUT2D eigenvalue weighted by Gasteiger charge is -2.09. The number of hydrogen-bond donors (Lipinski definition) is 1. The largest absolute Gasteiger partial charge is 0.326 e. The smallest absolute Gasteiger partial charge is 0.228 e. The van der Waals surface area contributed by atoms with Crippen molar-refractivity contribution < 1.29 is 17.6 Å². The highest BCUT2D eigenvalue weighted by atomic mass is 32.2. The molecule has 0 saturated carbocycles. The van der Waals surface area contributed by atoms with Gasteiger partial charge in [-0.25, -0.2) is 12.8 Å². The van der Waals surface area contributed by atoms with Crippen LogP contribution in [0.15, 0.2) is 24.3 Å². The molecular formula is C11H12FNO3S. The summed E-state index contributed by atoms with van der Waals surface area (Å²) < 4.78 is 35.3. The molecule has 1 aliphatic rings. The van der Waals surface area contributed by atoms with E-state index in [2.05, 4.69) is 5.32 Å². The molecule has 0 aromatic heterocycles. The van der Waals surface area contributed by atoms with E-state index in [1.807, 2.05) is 0 Å². The molecule has 1 N–H and O–H groups in total. The number of halogens is 1. The first kappa shape index (κ1) is 12.0. The van der Waals surface area contributed by atoms with Gasteiger partial charge in [0.1, 0.15) is 5.82 Å². The standard InChI is InChI=1S/C11H12FNO3S/c12-9-2-1-3-10(6-9)13-11(14)8-4-5-17(15,16)7-8/h1-3,6,8H,4-5,7H2,(H,13,14)/t8-/m1/s1. The van der Waals surface area contributed by atoms with Crippen LogP contribution in [0.1, 0.15) is 6.42 Å².